The molecule has 0 N–H and O–H groups in total. The van der Waals surface area contributed by atoms with Crippen molar-refractivity contribution in [3.8, 4) is 0 Å². The van der Waals surface area contributed by atoms with Gasteiger partial charge >= 0.3 is 6.18 Å². The van der Waals surface area contributed by atoms with E-state index in [0.29, 0.717) is 21.5 Å². The zero-order valence-electron chi connectivity index (χ0n) is 11.6. The summed E-state index contributed by atoms with van der Waals surface area (Å²) in [5.41, 5.74) is 0.0701. The lowest BCUT2D eigenvalue weighted by molar-refractivity contribution is -0.137. The fourth-order valence-electron chi connectivity index (χ4n) is 2.24. The molecular formula is C16H10ClF3N2O. The summed E-state index contributed by atoms with van der Waals surface area (Å²) in [5.74, 6) is 0. The standard InChI is InChI=1S/C16H10ClF3N2O/c17-12-5-6-14-13(7-12)15(23)22(9-21-14)8-10-1-3-11(4-2-10)16(18,19)20/h1-7,9H,8H2. The van der Waals surface area contributed by atoms with Crippen LogP contribution in [0.25, 0.3) is 10.9 Å². The SMILES string of the molecule is O=c1c2cc(Cl)ccc2ncn1Cc1ccc(C(F)(F)F)cc1. The summed E-state index contributed by atoms with van der Waals surface area (Å²) in [4.78, 5) is 16.6. The van der Waals surface area contributed by atoms with Crippen LogP contribution in [-0.2, 0) is 12.7 Å². The maximum Gasteiger partial charge on any atom is 0.416 e. The van der Waals surface area contributed by atoms with Crippen LogP contribution < -0.4 is 5.56 Å². The Kier molecular flexibility index (Phi) is 3.85. The maximum atomic E-state index is 12.5. The number of aromatic nitrogens is 2. The summed E-state index contributed by atoms with van der Waals surface area (Å²) in [6.45, 7) is 0.131. The molecule has 0 spiro atoms. The summed E-state index contributed by atoms with van der Waals surface area (Å²) in [5, 5.41) is 0.788. The van der Waals surface area contributed by atoms with E-state index in [1.165, 1.54) is 29.1 Å². The Bertz CT molecular complexity index is 917. The van der Waals surface area contributed by atoms with E-state index in [0.717, 1.165) is 12.1 Å². The highest BCUT2D eigenvalue weighted by Crippen LogP contribution is 2.29. The third kappa shape index (κ3) is 3.22. The highest BCUT2D eigenvalue weighted by molar-refractivity contribution is 6.31. The molecule has 0 saturated heterocycles. The quantitative estimate of drug-likeness (QED) is 0.704. The lowest BCUT2D eigenvalue weighted by Gasteiger charge is -2.09. The average molecular weight is 339 g/mol. The Morgan fingerprint density at radius 2 is 1.78 bits per heavy atom. The van der Waals surface area contributed by atoms with Crippen molar-refractivity contribution in [3.05, 3.63) is 75.3 Å². The molecule has 23 heavy (non-hydrogen) atoms. The Balaban J connectivity index is 1.95. The third-order valence-electron chi connectivity index (χ3n) is 3.42. The minimum absolute atomic E-state index is 0.131. The molecule has 0 radical (unpaired) electrons. The molecule has 7 heteroatoms. The van der Waals surface area contributed by atoms with Crippen molar-refractivity contribution in [1.82, 2.24) is 9.55 Å². The third-order valence-corrected chi connectivity index (χ3v) is 3.66. The monoisotopic (exact) mass is 338 g/mol. The van der Waals surface area contributed by atoms with Gasteiger partial charge in [-0.15, -0.1) is 0 Å². The van der Waals surface area contributed by atoms with Gasteiger partial charge in [-0.2, -0.15) is 13.2 Å². The molecule has 0 atom stereocenters. The van der Waals surface area contributed by atoms with E-state index in [2.05, 4.69) is 4.98 Å². The topological polar surface area (TPSA) is 34.9 Å². The van der Waals surface area contributed by atoms with E-state index in [1.54, 1.807) is 12.1 Å². The van der Waals surface area contributed by atoms with Crippen molar-refractivity contribution in [1.29, 1.82) is 0 Å². The number of benzene rings is 2. The summed E-state index contributed by atoms with van der Waals surface area (Å²) >= 11 is 5.88. The van der Waals surface area contributed by atoms with Crippen LogP contribution in [0.15, 0.2) is 53.6 Å². The molecule has 0 amide bonds. The zero-order chi connectivity index (χ0) is 16.6. The smallest absolute Gasteiger partial charge is 0.294 e. The predicted octanol–water partition coefficient (Wildman–Crippen LogP) is 4.12. The molecule has 0 unspecified atom stereocenters. The van der Waals surface area contributed by atoms with Gasteiger partial charge in [-0.1, -0.05) is 23.7 Å². The molecule has 0 fully saturated rings. The minimum atomic E-state index is -4.38. The normalized spacial score (nSPS) is 11.8. The molecule has 0 saturated carbocycles. The van der Waals surface area contributed by atoms with E-state index < -0.39 is 11.7 Å². The van der Waals surface area contributed by atoms with Gasteiger partial charge in [-0.05, 0) is 35.9 Å². The molecule has 118 valence electrons. The van der Waals surface area contributed by atoms with Crippen LogP contribution in [0, 0.1) is 0 Å². The van der Waals surface area contributed by atoms with Gasteiger partial charge in [0.15, 0.2) is 0 Å². The number of fused-ring (bicyclic) bond motifs is 1. The van der Waals surface area contributed by atoms with Gasteiger partial charge in [0.25, 0.3) is 5.56 Å². The largest absolute Gasteiger partial charge is 0.416 e. The maximum absolute atomic E-state index is 12.5. The molecule has 0 aliphatic heterocycles. The number of hydrogen-bond donors (Lipinski definition) is 0. The molecule has 1 aromatic heterocycles. The number of alkyl halides is 3. The second-order valence-electron chi connectivity index (χ2n) is 5.03. The van der Waals surface area contributed by atoms with Crippen molar-refractivity contribution in [2.24, 2.45) is 0 Å². The van der Waals surface area contributed by atoms with Crippen LogP contribution in [0.4, 0.5) is 13.2 Å². The second-order valence-corrected chi connectivity index (χ2v) is 5.47. The molecule has 1 heterocycles. The van der Waals surface area contributed by atoms with Gasteiger partial charge in [0.2, 0.25) is 0 Å². The Labute approximate surface area is 134 Å². The van der Waals surface area contributed by atoms with Gasteiger partial charge in [-0.25, -0.2) is 4.98 Å². The molecule has 3 nitrogen and oxygen atoms in total. The van der Waals surface area contributed by atoms with Crippen molar-refractivity contribution in [2.75, 3.05) is 0 Å². The molecule has 0 bridgehead atoms. The summed E-state index contributed by atoms with van der Waals surface area (Å²) in [7, 11) is 0. The van der Waals surface area contributed by atoms with Gasteiger partial charge in [0, 0.05) is 5.02 Å². The first kappa shape index (κ1) is 15.6. The highest BCUT2D eigenvalue weighted by Gasteiger charge is 2.29. The van der Waals surface area contributed by atoms with Gasteiger partial charge in [0.1, 0.15) is 0 Å². The van der Waals surface area contributed by atoms with Crippen molar-refractivity contribution in [3.63, 3.8) is 0 Å². The first-order valence-corrected chi connectivity index (χ1v) is 7.03. The van der Waals surface area contributed by atoms with Gasteiger partial charge in [-0.3, -0.25) is 9.36 Å². The van der Waals surface area contributed by atoms with Crippen LogP contribution in [0.1, 0.15) is 11.1 Å². The average Bonchev–Trinajstić information content (AvgIpc) is 2.50. The van der Waals surface area contributed by atoms with Crippen LogP contribution in [0.3, 0.4) is 0 Å². The predicted molar refractivity (Wildman–Crippen MR) is 81.6 cm³/mol. The van der Waals surface area contributed by atoms with Crippen LogP contribution >= 0.6 is 11.6 Å². The summed E-state index contributed by atoms with van der Waals surface area (Å²) in [6.07, 6.45) is -3.01. The molecule has 3 rings (SSSR count). The van der Waals surface area contributed by atoms with Gasteiger partial charge < -0.3 is 0 Å². The van der Waals surface area contributed by atoms with E-state index >= 15 is 0 Å². The Morgan fingerprint density at radius 3 is 2.43 bits per heavy atom. The van der Waals surface area contributed by atoms with E-state index in [1.807, 2.05) is 0 Å². The van der Waals surface area contributed by atoms with Crippen LogP contribution in [0.2, 0.25) is 5.02 Å². The zero-order valence-corrected chi connectivity index (χ0v) is 12.4. The Morgan fingerprint density at radius 1 is 1.09 bits per heavy atom. The van der Waals surface area contributed by atoms with Crippen LogP contribution in [0.5, 0.6) is 0 Å². The highest BCUT2D eigenvalue weighted by atomic mass is 35.5. The molecule has 3 aromatic rings. The fourth-order valence-corrected chi connectivity index (χ4v) is 2.41. The molecule has 0 aliphatic rings. The number of nitrogens with zero attached hydrogens (tertiary/aromatic N) is 2. The summed E-state index contributed by atoms with van der Waals surface area (Å²) < 4.78 is 39.0. The number of hydrogen-bond acceptors (Lipinski definition) is 2. The first-order chi connectivity index (χ1) is 10.8. The van der Waals surface area contributed by atoms with Crippen molar-refractivity contribution in [2.45, 2.75) is 12.7 Å². The molecular weight excluding hydrogens is 329 g/mol. The summed E-state index contributed by atoms with van der Waals surface area (Å²) in [6, 6.07) is 9.47. The van der Waals surface area contributed by atoms with E-state index in [4.69, 9.17) is 11.6 Å². The second kappa shape index (κ2) is 5.70. The van der Waals surface area contributed by atoms with Crippen LogP contribution in [-0.4, -0.2) is 9.55 Å². The lowest BCUT2D eigenvalue weighted by Crippen LogP contribution is -2.21. The number of rotatable bonds is 2. The first-order valence-electron chi connectivity index (χ1n) is 6.65. The number of halogens is 4. The fraction of sp³-hybridized carbons (Fsp3) is 0.125. The Hall–Kier alpha value is -2.34. The van der Waals surface area contributed by atoms with Crippen molar-refractivity contribution < 1.29 is 13.2 Å². The minimum Gasteiger partial charge on any atom is -0.294 e. The van der Waals surface area contributed by atoms with Crippen molar-refractivity contribution >= 4 is 22.5 Å². The molecule has 0 aliphatic carbocycles. The lowest BCUT2D eigenvalue weighted by atomic mass is 10.1. The van der Waals surface area contributed by atoms with E-state index in [-0.39, 0.29) is 12.1 Å². The molecule has 2 aromatic carbocycles. The van der Waals surface area contributed by atoms with Gasteiger partial charge in [0.05, 0.1) is 29.3 Å². The van der Waals surface area contributed by atoms with E-state index in [9.17, 15) is 18.0 Å².